The van der Waals surface area contributed by atoms with Crippen LogP contribution in [0.3, 0.4) is 0 Å². The summed E-state index contributed by atoms with van der Waals surface area (Å²) in [4.78, 5) is 27.3. The fourth-order valence-corrected chi connectivity index (χ4v) is 4.36. The molecule has 0 spiro atoms. The maximum atomic E-state index is 12.9. The molecule has 2 heterocycles. The number of amides is 3. The zero-order valence-corrected chi connectivity index (χ0v) is 19.2. The van der Waals surface area contributed by atoms with E-state index in [1.807, 2.05) is 31.2 Å². The highest BCUT2D eigenvalue weighted by atomic mass is 32.1. The Kier molecular flexibility index (Phi) is 7.04. The molecule has 1 saturated heterocycles. The minimum atomic E-state index is -0.572. The van der Waals surface area contributed by atoms with Crippen molar-refractivity contribution in [1.29, 1.82) is 0 Å². The number of methoxy groups -OCH3 is 1. The molecule has 10 heteroatoms. The quantitative estimate of drug-likeness (QED) is 0.538. The topological polar surface area (TPSA) is 106 Å². The Labute approximate surface area is 195 Å². The highest BCUT2D eigenvalue weighted by Gasteiger charge is 2.34. The van der Waals surface area contributed by atoms with E-state index in [-0.39, 0.29) is 11.9 Å². The number of anilines is 2. The first-order chi connectivity index (χ1) is 16.1. The van der Waals surface area contributed by atoms with Crippen LogP contribution in [0.4, 0.5) is 15.6 Å². The van der Waals surface area contributed by atoms with Crippen molar-refractivity contribution in [2.75, 3.05) is 30.9 Å². The molecule has 0 radical (unpaired) electrons. The van der Waals surface area contributed by atoms with Crippen molar-refractivity contribution in [2.24, 2.45) is 0 Å². The van der Waals surface area contributed by atoms with Gasteiger partial charge in [0, 0.05) is 17.8 Å². The minimum absolute atomic E-state index is 0.275. The second-order valence-corrected chi connectivity index (χ2v) is 8.35. The number of aromatic nitrogens is 2. The second-order valence-electron chi connectivity index (χ2n) is 7.37. The first-order valence-corrected chi connectivity index (χ1v) is 11.5. The monoisotopic (exact) mass is 467 g/mol. The molecule has 1 fully saturated rings. The number of rotatable bonds is 7. The maximum Gasteiger partial charge on any atom is 0.322 e. The molecule has 1 atom stereocenters. The summed E-state index contributed by atoms with van der Waals surface area (Å²) in [6, 6.07) is 13.7. The van der Waals surface area contributed by atoms with Gasteiger partial charge in [-0.3, -0.25) is 10.1 Å². The number of benzene rings is 2. The van der Waals surface area contributed by atoms with Gasteiger partial charge >= 0.3 is 6.03 Å². The van der Waals surface area contributed by atoms with Crippen molar-refractivity contribution in [3.05, 3.63) is 48.5 Å². The summed E-state index contributed by atoms with van der Waals surface area (Å²) in [7, 11) is 1.60. The predicted molar refractivity (Wildman–Crippen MR) is 127 cm³/mol. The number of nitrogens with one attached hydrogen (secondary N) is 2. The van der Waals surface area contributed by atoms with Crippen LogP contribution in [-0.2, 0) is 4.79 Å². The lowest BCUT2D eigenvalue weighted by Crippen LogP contribution is -2.45. The molecule has 2 aromatic carbocycles. The lowest BCUT2D eigenvalue weighted by atomic mass is 10.2. The summed E-state index contributed by atoms with van der Waals surface area (Å²) < 4.78 is 10.7. The van der Waals surface area contributed by atoms with Gasteiger partial charge in [-0.1, -0.05) is 23.5 Å². The highest BCUT2D eigenvalue weighted by molar-refractivity contribution is 7.18. The summed E-state index contributed by atoms with van der Waals surface area (Å²) in [6.45, 7) is 2.99. The van der Waals surface area contributed by atoms with Crippen molar-refractivity contribution in [3.8, 4) is 22.1 Å². The Morgan fingerprint density at radius 3 is 2.70 bits per heavy atom. The molecule has 1 aliphatic heterocycles. The maximum absolute atomic E-state index is 12.9. The minimum Gasteiger partial charge on any atom is -0.497 e. The SMILES string of the molecule is CCOc1ccc(NC(=O)N2CCCC2C(=O)Nc2nnc(-c3cccc(OC)c3)s2)cc1. The zero-order valence-electron chi connectivity index (χ0n) is 18.4. The van der Waals surface area contributed by atoms with Crippen LogP contribution < -0.4 is 20.1 Å². The molecule has 172 valence electrons. The molecule has 33 heavy (non-hydrogen) atoms. The first-order valence-electron chi connectivity index (χ1n) is 10.7. The highest BCUT2D eigenvalue weighted by Crippen LogP contribution is 2.29. The Hall–Kier alpha value is -3.66. The second kappa shape index (κ2) is 10.3. The molecule has 0 bridgehead atoms. The Morgan fingerprint density at radius 1 is 1.12 bits per heavy atom. The van der Waals surface area contributed by atoms with Crippen LogP contribution in [-0.4, -0.2) is 53.3 Å². The van der Waals surface area contributed by atoms with E-state index in [2.05, 4.69) is 20.8 Å². The van der Waals surface area contributed by atoms with Gasteiger partial charge in [0.25, 0.3) is 0 Å². The van der Waals surface area contributed by atoms with Gasteiger partial charge in [-0.05, 0) is 56.2 Å². The molecule has 0 aliphatic carbocycles. The summed E-state index contributed by atoms with van der Waals surface area (Å²) in [5.41, 5.74) is 1.49. The van der Waals surface area contributed by atoms with Gasteiger partial charge in [-0.15, -0.1) is 10.2 Å². The van der Waals surface area contributed by atoms with Crippen LogP contribution in [0.15, 0.2) is 48.5 Å². The third-order valence-corrected chi connectivity index (χ3v) is 6.09. The largest absolute Gasteiger partial charge is 0.497 e. The van der Waals surface area contributed by atoms with E-state index < -0.39 is 6.04 Å². The number of hydrogen-bond acceptors (Lipinski definition) is 7. The molecule has 1 unspecified atom stereocenters. The average Bonchev–Trinajstić information content (AvgIpc) is 3.51. The van der Waals surface area contributed by atoms with Crippen LogP contribution in [0, 0.1) is 0 Å². The van der Waals surface area contributed by atoms with Crippen molar-refractivity contribution >= 4 is 34.1 Å². The third-order valence-electron chi connectivity index (χ3n) is 5.20. The molecule has 1 aromatic heterocycles. The van der Waals surface area contributed by atoms with E-state index in [9.17, 15) is 9.59 Å². The normalized spacial score (nSPS) is 15.2. The standard InChI is InChI=1S/C23H25N5O4S/c1-3-32-17-11-9-16(10-12-17)24-23(30)28-13-5-8-19(28)20(29)25-22-27-26-21(33-22)15-6-4-7-18(14-15)31-2/h4,6-7,9-12,14,19H,3,5,8,13H2,1-2H3,(H,24,30)(H,25,27,29). The Balaban J connectivity index is 1.38. The molecule has 2 N–H and O–H groups in total. The number of carbonyl (C=O) groups excluding carboxylic acids is 2. The molecular formula is C23H25N5O4S. The number of carbonyl (C=O) groups is 2. The van der Waals surface area contributed by atoms with Crippen molar-refractivity contribution in [1.82, 2.24) is 15.1 Å². The van der Waals surface area contributed by atoms with Crippen LogP contribution in [0.2, 0.25) is 0 Å². The van der Waals surface area contributed by atoms with Crippen LogP contribution in [0.1, 0.15) is 19.8 Å². The van der Waals surface area contributed by atoms with Gasteiger partial charge in [0.2, 0.25) is 11.0 Å². The van der Waals surface area contributed by atoms with E-state index in [4.69, 9.17) is 9.47 Å². The molecule has 0 saturated carbocycles. The lowest BCUT2D eigenvalue weighted by molar-refractivity contribution is -0.119. The fraction of sp³-hybridized carbons (Fsp3) is 0.304. The van der Waals surface area contributed by atoms with Crippen LogP contribution in [0.5, 0.6) is 11.5 Å². The number of ether oxygens (including phenoxy) is 2. The summed E-state index contributed by atoms with van der Waals surface area (Å²) in [6.07, 6.45) is 1.34. The van der Waals surface area contributed by atoms with E-state index in [0.717, 1.165) is 17.7 Å². The van der Waals surface area contributed by atoms with E-state index >= 15 is 0 Å². The Morgan fingerprint density at radius 2 is 1.94 bits per heavy atom. The summed E-state index contributed by atoms with van der Waals surface area (Å²) in [5.74, 6) is 1.18. The Bertz CT molecular complexity index is 1120. The summed E-state index contributed by atoms with van der Waals surface area (Å²) >= 11 is 1.27. The van der Waals surface area contributed by atoms with Gasteiger partial charge in [0.05, 0.1) is 13.7 Å². The van der Waals surface area contributed by atoms with E-state index in [1.165, 1.54) is 11.3 Å². The number of likely N-dealkylation sites (tertiary alicyclic amines) is 1. The molecule has 3 amide bonds. The van der Waals surface area contributed by atoms with Crippen LogP contribution >= 0.6 is 11.3 Å². The number of urea groups is 1. The lowest BCUT2D eigenvalue weighted by Gasteiger charge is -2.23. The zero-order chi connectivity index (χ0) is 23.2. The third kappa shape index (κ3) is 5.40. The fourth-order valence-electron chi connectivity index (χ4n) is 3.61. The van der Waals surface area contributed by atoms with Gasteiger partial charge in [-0.25, -0.2) is 4.79 Å². The van der Waals surface area contributed by atoms with E-state index in [1.54, 1.807) is 36.3 Å². The molecule has 9 nitrogen and oxygen atoms in total. The first kappa shape index (κ1) is 22.5. The van der Waals surface area contributed by atoms with Crippen molar-refractivity contribution in [2.45, 2.75) is 25.8 Å². The smallest absolute Gasteiger partial charge is 0.322 e. The van der Waals surface area contributed by atoms with Crippen LogP contribution in [0.25, 0.3) is 10.6 Å². The van der Waals surface area contributed by atoms with Gasteiger partial charge in [0.15, 0.2) is 0 Å². The summed E-state index contributed by atoms with van der Waals surface area (Å²) in [5, 5.41) is 15.0. The molecular weight excluding hydrogens is 442 g/mol. The molecule has 4 rings (SSSR count). The number of hydrogen-bond donors (Lipinski definition) is 2. The van der Waals surface area contributed by atoms with E-state index in [0.29, 0.717) is 41.1 Å². The molecule has 3 aromatic rings. The van der Waals surface area contributed by atoms with Crippen molar-refractivity contribution < 1.29 is 19.1 Å². The van der Waals surface area contributed by atoms with Gasteiger partial charge < -0.3 is 19.7 Å². The van der Waals surface area contributed by atoms with Gasteiger partial charge in [0.1, 0.15) is 22.5 Å². The number of nitrogens with zero attached hydrogens (tertiary/aromatic N) is 3. The predicted octanol–water partition coefficient (Wildman–Crippen LogP) is 4.25. The van der Waals surface area contributed by atoms with Crippen molar-refractivity contribution in [3.63, 3.8) is 0 Å². The van der Waals surface area contributed by atoms with Gasteiger partial charge in [-0.2, -0.15) is 0 Å². The average molecular weight is 468 g/mol. The molecule has 1 aliphatic rings.